The fraction of sp³-hybridized carbons (Fsp3) is 0.462. The molecule has 0 aliphatic carbocycles. The zero-order valence-electron chi connectivity index (χ0n) is 10.6. The summed E-state index contributed by atoms with van der Waals surface area (Å²) in [5.41, 5.74) is -0.674. The SMILES string of the molecule is O=C(c1cc(I)cc(C(F)(F)F)c1)N1CCCNCC1. The Morgan fingerprint density at radius 2 is 1.95 bits per heavy atom. The number of hydrogen-bond donors (Lipinski definition) is 1. The van der Waals surface area contributed by atoms with Gasteiger partial charge in [-0.15, -0.1) is 0 Å². The van der Waals surface area contributed by atoms with E-state index in [-0.39, 0.29) is 11.5 Å². The lowest BCUT2D eigenvalue weighted by molar-refractivity contribution is -0.137. The Labute approximate surface area is 128 Å². The maximum atomic E-state index is 12.8. The van der Waals surface area contributed by atoms with Crippen LogP contribution < -0.4 is 5.32 Å². The third kappa shape index (κ3) is 3.85. The lowest BCUT2D eigenvalue weighted by Gasteiger charge is -2.20. The monoisotopic (exact) mass is 398 g/mol. The number of carbonyl (C=O) groups is 1. The number of alkyl halides is 3. The van der Waals surface area contributed by atoms with Crippen LogP contribution in [0.25, 0.3) is 0 Å². The average molecular weight is 398 g/mol. The standard InChI is InChI=1S/C13H14F3IN2O/c14-13(15,16)10-6-9(7-11(17)8-10)12(20)19-4-1-2-18-3-5-19/h6-8,18H,1-5H2. The number of benzene rings is 1. The van der Waals surface area contributed by atoms with Gasteiger partial charge in [0, 0.05) is 28.8 Å². The molecular formula is C13H14F3IN2O. The van der Waals surface area contributed by atoms with Crippen molar-refractivity contribution in [2.75, 3.05) is 26.2 Å². The van der Waals surface area contributed by atoms with Crippen LogP contribution in [0, 0.1) is 3.57 Å². The number of nitrogens with one attached hydrogen (secondary N) is 1. The Morgan fingerprint density at radius 3 is 2.65 bits per heavy atom. The van der Waals surface area contributed by atoms with E-state index in [9.17, 15) is 18.0 Å². The first-order valence-electron chi connectivity index (χ1n) is 6.26. The zero-order chi connectivity index (χ0) is 14.8. The number of halogens is 4. The summed E-state index contributed by atoms with van der Waals surface area (Å²) < 4.78 is 38.8. The first-order chi connectivity index (χ1) is 9.38. The van der Waals surface area contributed by atoms with Crippen molar-refractivity contribution in [1.82, 2.24) is 10.2 Å². The van der Waals surface area contributed by atoms with Crippen molar-refractivity contribution in [3.63, 3.8) is 0 Å². The predicted molar refractivity (Wildman–Crippen MR) is 77.6 cm³/mol. The van der Waals surface area contributed by atoms with E-state index in [0.29, 0.717) is 23.2 Å². The average Bonchev–Trinajstić information content (AvgIpc) is 2.65. The molecule has 7 heteroatoms. The van der Waals surface area contributed by atoms with Gasteiger partial charge in [0.05, 0.1) is 5.56 Å². The van der Waals surface area contributed by atoms with E-state index in [1.54, 1.807) is 27.5 Å². The van der Waals surface area contributed by atoms with Gasteiger partial charge in [0.15, 0.2) is 0 Å². The van der Waals surface area contributed by atoms with Crippen LogP contribution in [-0.2, 0) is 6.18 Å². The van der Waals surface area contributed by atoms with Gasteiger partial charge in [-0.3, -0.25) is 4.79 Å². The Balaban J connectivity index is 2.27. The van der Waals surface area contributed by atoms with Gasteiger partial charge in [0.25, 0.3) is 5.91 Å². The molecule has 0 saturated carbocycles. The minimum Gasteiger partial charge on any atom is -0.337 e. The Hall–Kier alpha value is -0.830. The van der Waals surface area contributed by atoms with Crippen LogP contribution in [0.5, 0.6) is 0 Å². The summed E-state index contributed by atoms with van der Waals surface area (Å²) in [5.74, 6) is -0.335. The van der Waals surface area contributed by atoms with Crippen molar-refractivity contribution >= 4 is 28.5 Å². The molecule has 1 aliphatic rings. The molecule has 3 nitrogen and oxygen atoms in total. The van der Waals surface area contributed by atoms with Crippen LogP contribution in [0.2, 0.25) is 0 Å². The highest BCUT2D eigenvalue weighted by Crippen LogP contribution is 2.31. The van der Waals surface area contributed by atoms with E-state index in [0.717, 1.165) is 25.1 Å². The van der Waals surface area contributed by atoms with Crippen molar-refractivity contribution in [3.8, 4) is 0 Å². The smallest absolute Gasteiger partial charge is 0.337 e. The number of amides is 1. The van der Waals surface area contributed by atoms with E-state index in [1.807, 2.05) is 0 Å². The normalized spacial score (nSPS) is 16.9. The largest absolute Gasteiger partial charge is 0.416 e. The van der Waals surface area contributed by atoms with Crippen LogP contribution in [-0.4, -0.2) is 37.0 Å². The van der Waals surface area contributed by atoms with Crippen LogP contribution >= 0.6 is 22.6 Å². The highest BCUT2D eigenvalue weighted by Gasteiger charge is 2.32. The molecule has 0 atom stereocenters. The maximum Gasteiger partial charge on any atom is 0.416 e. The van der Waals surface area contributed by atoms with E-state index >= 15 is 0 Å². The van der Waals surface area contributed by atoms with E-state index in [4.69, 9.17) is 0 Å². The van der Waals surface area contributed by atoms with Crippen molar-refractivity contribution < 1.29 is 18.0 Å². The summed E-state index contributed by atoms with van der Waals surface area (Å²) in [4.78, 5) is 13.9. The summed E-state index contributed by atoms with van der Waals surface area (Å²) in [7, 11) is 0. The van der Waals surface area contributed by atoms with Gasteiger partial charge >= 0.3 is 6.18 Å². The van der Waals surface area contributed by atoms with Crippen LogP contribution in [0.3, 0.4) is 0 Å². The molecule has 0 unspecified atom stereocenters. The fourth-order valence-corrected chi connectivity index (χ4v) is 2.78. The molecule has 1 aliphatic heterocycles. The summed E-state index contributed by atoms with van der Waals surface area (Å²) in [6.45, 7) is 2.58. The Morgan fingerprint density at radius 1 is 1.20 bits per heavy atom. The van der Waals surface area contributed by atoms with Crippen LogP contribution in [0.4, 0.5) is 13.2 Å². The first kappa shape index (κ1) is 15.6. The van der Waals surface area contributed by atoms with E-state index in [1.165, 1.54) is 6.07 Å². The minimum absolute atomic E-state index is 0.103. The molecule has 1 saturated heterocycles. The molecule has 1 heterocycles. The molecule has 1 fully saturated rings. The Kier molecular flexibility index (Phi) is 4.90. The van der Waals surface area contributed by atoms with E-state index in [2.05, 4.69) is 5.32 Å². The van der Waals surface area contributed by atoms with Gasteiger partial charge in [-0.1, -0.05) is 0 Å². The van der Waals surface area contributed by atoms with Crippen LogP contribution in [0.15, 0.2) is 18.2 Å². The number of nitrogens with zero attached hydrogens (tertiary/aromatic N) is 1. The van der Waals surface area contributed by atoms with Gasteiger partial charge < -0.3 is 10.2 Å². The minimum atomic E-state index is -4.43. The highest BCUT2D eigenvalue weighted by molar-refractivity contribution is 14.1. The predicted octanol–water partition coefficient (Wildman–Crippen LogP) is 2.75. The van der Waals surface area contributed by atoms with E-state index < -0.39 is 11.7 Å². The zero-order valence-corrected chi connectivity index (χ0v) is 12.8. The lowest BCUT2D eigenvalue weighted by atomic mass is 10.1. The molecule has 0 aromatic heterocycles. The third-order valence-corrected chi connectivity index (χ3v) is 3.72. The van der Waals surface area contributed by atoms with Crippen molar-refractivity contribution in [3.05, 3.63) is 32.9 Å². The molecule has 1 amide bonds. The topological polar surface area (TPSA) is 32.3 Å². The molecule has 2 rings (SSSR count). The molecular weight excluding hydrogens is 384 g/mol. The molecule has 0 spiro atoms. The molecule has 20 heavy (non-hydrogen) atoms. The third-order valence-electron chi connectivity index (χ3n) is 3.10. The molecule has 1 N–H and O–H groups in total. The maximum absolute atomic E-state index is 12.8. The van der Waals surface area contributed by atoms with Gasteiger partial charge in [-0.05, 0) is 53.8 Å². The van der Waals surface area contributed by atoms with Crippen molar-refractivity contribution in [1.29, 1.82) is 0 Å². The van der Waals surface area contributed by atoms with Gasteiger partial charge in [0.2, 0.25) is 0 Å². The van der Waals surface area contributed by atoms with Gasteiger partial charge in [-0.25, -0.2) is 0 Å². The Bertz CT molecular complexity index is 497. The summed E-state index contributed by atoms with van der Waals surface area (Å²) in [6.07, 6.45) is -3.63. The molecule has 0 bridgehead atoms. The second-order valence-electron chi connectivity index (χ2n) is 4.62. The fourth-order valence-electron chi connectivity index (χ4n) is 2.11. The lowest BCUT2D eigenvalue weighted by Crippen LogP contribution is -2.34. The number of rotatable bonds is 1. The summed E-state index contributed by atoms with van der Waals surface area (Å²) in [6, 6.07) is 3.47. The van der Waals surface area contributed by atoms with Gasteiger partial charge in [0.1, 0.15) is 0 Å². The quantitative estimate of drug-likeness (QED) is 0.739. The summed E-state index contributed by atoms with van der Waals surface area (Å²) in [5, 5.41) is 3.16. The first-order valence-corrected chi connectivity index (χ1v) is 7.33. The second kappa shape index (κ2) is 6.30. The van der Waals surface area contributed by atoms with Gasteiger partial charge in [-0.2, -0.15) is 13.2 Å². The van der Waals surface area contributed by atoms with Crippen molar-refractivity contribution in [2.24, 2.45) is 0 Å². The molecule has 110 valence electrons. The summed E-state index contributed by atoms with van der Waals surface area (Å²) >= 11 is 1.80. The number of carbonyl (C=O) groups excluding carboxylic acids is 1. The number of hydrogen-bond acceptors (Lipinski definition) is 2. The highest BCUT2D eigenvalue weighted by atomic mass is 127. The van der Waals surface area contributed by atoms with Crippen molar-refractivity contribution in [2.45, 2.75) is 12.6 Å². The molecule has 1 aromatic carbocycles. The molecule has 0 radical (unpaired) electrons. The molecule has 1 aromatic rings. The second-order valence-corrected chi connectivity index (χ2v) is 5.87. The van der Waals surface area contributed by atoms with Crippen LogP contribution in [0.1, 0.15) is 22.3 Å².